The van der Waals surface area contributed by atoms with E-state index in [1.165, 1.54) is 13.8 Å². The van der Waals surface area contributed by atoms with Gasteiger partial charge in [-0.25, -0.2) is 0 Å². The maximum absolute atomic E-state index is 13.6. The van der Waals surface area contributed by atoms with E-state index >= 15 is 0 Å². The van der Waals surface area contributed by atoms with E-state index in [0.717, 1.165) is 22.0 Å². The first-order chi connectivity index (χ1) is 23.4. The molecule has 0 saturated heterocycles. The Morgan fingerprint density at radius 3 is 1.98 bits per heavy atom. The second kappa shape index (κ2) is 19.9. The largest absolute Gasteiger partial charge is 0.391 e. The molecule has 0 aliphatic heterocycles. The lowest BCUT2D eigenvalue weighted by atomic mass is 9.99. The fourth-order valence-corrected chi connectivity index (χ4v) is 5.93. The predicted molar refractivity (Wildman–Crippen MR) is 188 cm³/mol. The minimum Gasteiger partial charge on any atom is -0.391 e. The molecule has 0 aliphatic rings. The first-order valence-corrected chi connectivity index (χ1v) is 16.8. The summed E-state index contributed by atoms with van der Waals surface area (Å²) in [4.78, 5) is 66.6. The molecule has 0 saturated carbocycles. The minimum atomic E-state index is -0.958. The van der Waals surface area contributed by atoms with Gasteiger partial charge >= 0.3 is 0 Å². The van der Waals surface area contributed by atoms with Crippen LogP contribution in [0.1, 0.15) is 69.9 Å². The smallest absolute Gasteiger partial charge is 0.222 e. The Bertz CT molecular complexity index is 1530. The van der Waals surface area contributed by atoms with E-state index in [9.17, 15) is 29.1 Å². The number of hydrogen-bond donors (Lipinski definition) is 8. The van der Waals surface area contributed by atoms with Crippen molar-refractivity contribution in [2.24, 2.45) is 11.5 Å². The van der Waals surface area contributed by atoms with Crippen LogP contribution in [-0.2, 0) is 36.8 Å². The minimum absolute atomic E-state index is 0.0395. The van der Waals surface area contributed by atoms with Crippen LogP contribution in [0.25, 0.3) is 10.9 Å². The first-order valence-electron chi connectivity index (χ1n) is 16.8. The van der Waals surface area contributed by atoms with Gasteiger partial charge in [0, 0.05) is 67.8 Å². The third-order valence-electron chi connectivity index (χ3n) is 8.26. The van der Waals surface area contributed by atoms with Crippen LogP contribution >= 0.6 is 0 Å². The molecular weight excluding hydrogens is 626 g/mol. The topological polar surface area (TPSA) is 222 Å². The molecule has 10 N–H and O–H groups in total. The average molecular weight is 678 g/mol. The van der Waals surface area contributed by atoms with Crippen LogP contribution in [0.15, 0.2) is 60.8 Å². The number of para-hydroxylation sites is 1. The Morgan fingerprint density at radius 1 is 0.755 bits per heavy atom. The third-order valence-corrected chi connectivity index (χ3v) is 8.26. The van der Waals surface area contributed by atoms with E-state index in [0.29, 0.717) is 38.6 Å². The summed E-state index contributed by atoms with van der Waals surface area (Å²) < 4.78 is 0. The fourth-order valence-electron chi connectivity index (χ4n) is 5.93. The van der Waals surface area contributed by atoms with Gasteiger partial charge in [-0.3, -0.25) is 24.0 Å². The van der Waals surface area contributed by atoms with Gasteiger partial charge in [0.05, 0.1) is 12.1 Å². The molecule has 13 heteroatoms. The quantitative estimate of drug-likeness (QED) is 0.0775. The second-order valence-corrected chi connectivity index (χ2v) is 12.7. The normalized spacial score (nSPS) is 14.2. The molecule has 0 aliphatic carbocycles. The number of benzene rings is 2. The standard InChI is InChI=1S/C36H51N7O6/c1-23(44)32(40-24(2)45)21-36(49)41-27(12-8-9-15-37)19-34(47)43-29(17-26-22-39-31-14-7-6-13-30(26)31)20-35(48)42-28(18-33(38)46)16-25-10-4-3-5-11-25/h3-7,10-11,13-14,22-23,27-29,32,39,44H,8-9,12,15-21,37H2,1-2H3,(H2,38,46)(H,40,45)(H,41,49)(H,42,48)(H,43,47)/t23-,27+,28+,29+,32?/m1/s1. The number of aliphatic hydroxyl groups excluding tert-OH is 1. The average Bonchev–Trinajstić information content (AvgIpc) is 3.43. The molecular formula is C36H51N7O6. The highest BCUT2D eigenvalue weighted by atomic mass is 16.3. The van der Waals surface area contributed by atoms with Gasteiger partial charge in [0.15, 0.2) is 0 Å². The molecule has 49 heavy (non-hydrogen) atoms. The number of aromatic amines is 1. The Balaban J connectivity index is 1.75. The number of primary amides is 1. The molecule has 0 radical (unpaired) electrons. The monoisotopic (exact) mass is 677 g/mol. The van der Waals surface area contributed by atoms with Gasteiger partial charge in [0.2, 0.25) is 29.5 Å². The lowest BCUT2D eigenvalue weighted by Crippen LogP contribution is -2.48. The molecule has 5 atom stereocenters. The predicted octanol–water partition coefficient (Wildman–Crippen LogP) is 1.47. The number of aromatic nitrogens is 1. The number of nitrogens with two attached hydrogens (primary N) is 2. The number of unbranched alkanes of at least 4 members (excludes halogenated alkanes) is 1. The first kappa shape index (κ1) is 38.7. The molecule has 0 fully saturated rings. The Kier molecular flexibility index (Phi) is 15.7. The van der Waals surface area contributed by atoms with Crippen molar-refractivity contribution in [2.75, 3.05) is 6.54 Å². The number of fused-ring (bicyclic) bond motifs is 1. The number of carbonyl (C=O) groups is 5. The van der Waals surface area contributed by atoms with Crippen molar-refractivity contribution in [1.29, 1.82) is 0 Å². The van der Waals surface area contributed by atoms with Gasteiger partial charge in [0.1, 0.15) is 0 Å². The molecule has 0 bridgehead atoms. The Labute approximate surface area is 287 Å². The van der Waals surface area contributed by atoms with Gasteiger partial charge < -0.3 is 42.8 Å². The summed E-state index contributed by atoms with van der Waals surface area (Å²) in [6.07, 6.45) is 3.20. The number of rotatable bonds is 21. The number of H-pyrrole nitrogens is 1. The number of hydrogen-bond acceptors (Lipinski definition) is 7. The van der Waals surface area contributed by atoms with Crippen LogP contribution in [-0.4, -0.2) is 76.4 Å². The lowest BCUT2D eigenvalue weighted by molar-refractivity contribution is -0.125. The van der Waals surface area contributed by atoms with Crippen LogP contribution in [0.2, 0.25) is 0 Å². The zero-order valence-electron chi connectivity index (χ0n) is 28.4. The number of nitrogens with one attached hydrogen (secondary N) is 5. The van der Waals surface area contributed by atoms with E-state index in [1.807, 2.05) is 60.8 Å². The summed E-state index contributed by atoms with van der Waals surface area (Å²) in [5.41, 5.74) is 14.0. The Hall–Kier alpha value is -4.75. The van der Waals surface area contributed by atoms with E-state index in [1.54, 1.807) is 0 Å². The van der Waals surface area contributed by atoms with Crippen molar-refractivity contribution in [3.05, 3.63) is 71.9 Å². The highest BCUT2D eigenvalue weighted by molar-refractivity contribution is 5.85. The Morgan fingerprint density at radius 2 is 1.35 bits per heavy atom. The highest BCUT2D eigenvalue weighted by Crippen LogP contribution is 2.20. The van der Waals surface area contributed by atoms with Crippen molar-refractivity contribution < 1.29 is 29.1 Å². The van der Waals surface area contributed by atoms with Crippen molar-refractivity contribution in [1.82, 2.24) is 26.3 Å². The van der Waals surface area contributed by atoms with Crippen LogP contribution in [0.4, 0.5) is 0 Å². The van der Waals surface area contributed by atoms with Gasteiger partial charge in [-0.1, -0.05) is 55.0 Å². The highest BCUT2D eigenvalue weighted by Gasteiger charge is 2.25. The van der Waals surface area contributed by atoms with Crippen molar-refractivity contribution in [2.45, 2.75) is 102 Å². The molecule has 2 aromatic carbocycles. The van der Waals surface area contributed by atoms with E-state index in [-0.39, 0.29) is 43.4 Å². The fraction of sp³-hybridized carbons (Fsp3) is 0.472. The van der Waals surface area contributed by atoms with E-state index in [4.69, 9.17) is 11.5 Å². The molecule has 1 aromatic heterocycles. The molecule has 1 unspecified atom stereocenters. The van der Waals surface area contributed by atoms with Crippen LogP contribution in [0.3, 0.4) is 0 Å². The summed E-state index contributed by atoms with van der Waals surface area (Å²) >= 11 is 0. The molecule has 0 spiro atoms. The molecule has 3 aromatic rings. The van der Waals surface area contributed by atoms with Crippen molar-refractivity contribution in [3.63, 3.8) is 0 Å². The van der Waals surface area contributed by atoms with Gasteiger partial charge in [-0.2, -0.15) is 0 Å². The molecule has 5 amide bonds. The zero-order valence-corrected chi connectivity index (χ0v) is 28.4. The van der Waals surface area contributed by atoms with E-state index in [2.05, 4.69) is 26.3 Å². The summed E-state index contributed by atoms with van der Waals surface area (Å²) in [5.74, 6) is -2.03. The van der Waals surface area contributed by atoms with Crippen molar-refractivity contribution >= 4 is 40.4 Å². The maximum Gasteiger partial charge on any atom is 0.222 e. The van der Waals surface area contributed by atoms with E-state index < -0.39 is 42.1 Å². The zero-order chi connectivity index (χ0) is 35.8. The number of carbonyl (C=O) groups excluding carboxylic acids is 5. The maximum atomic E-state index is 13.6. The molecule has 13 nitrogen and oxygen atoms in total. The number of amides is 5. The summed E-state index contributed by atoms with van der Waals surface area (Å²) in [6, 6.07) is 14.7. The summed E-state index contributed by atoms with van der Waals surface area (Å²) in [5, 5.41) is 22.4. The van der Waals surface area contributed by atoms with Crippen LogP contribution < -0.4 is 32.7 Å². The van der Waals surface area contributed by atoms with Gasteiger partial charge in [0.25, 0.3) is 0 Å². The molecule has 3 rings (SSSR count). The second-order valence-electron chi connectivity index (χ2n) is 12.7. The van der Waals surface area contributed by atoms with Gasteiger partial charge in [-0.05, 0) is 56.3 Å². The van der Waals surface area contributed by atoms with Gasteiger partial charge in [-0.15, -0.1) is 0 Å². The lowest BCUT2D eigenvalue weighted by Gasteiger charge is -2.25. The molecule has 266 valence electrons. The summed E-state index contributed by atoms with van der Waals surface area (Å²) in [6.45, 7) is 3.26. The SMILES string of the molecule is CC(=O)NC(CC(=O)N[C@@H](CCCCN)CC(=O)N[C@H](CC(=O)N[C@H](CC(N)=O)Cc1ccccc1)Cc1c[nH]c2ccccc12)[C@@H](C)O. The third kappa shape index (κ3) is 14.1. The molecule has 1 heterocycles. The van der Waals surface area contributed by atoms with Crippen molar-refractivity contribution in [3.8, 4) is 0 Å². The summed E-state index contributed by atoms with van der Waals surface area (Å²) in [7, 11) is 0. The number of aliphatic hydroxyl groups is 1. The van der Waals surface area contributed by atoms with Crippen LogP contribution in [0, 0.1) is 0 Å². The van der Waals surface area contributed by atoms with Crippen LogP contribution in [0.5, 0.6) is 0 Å².